The Labute approximate surface area is 106 Å². The average molecular weight is 240 g/mol. The van der Waals surface area contributed by atoms with Crippen molar-refractivity contribution in [2.45, 2.75) is 53.5 Å². The van der Waals surface area contributed by atoms with Crippen LogP contribution in [0.2, 0.25) is 0 Å². The van der Waals surface area contributed by atoms with Gasteiger partial charge in [-0.15, -0.1) is 0 Å². The van der Waals surface area contributed by atoms with Crippen LogP contribution < -0.4 is 5.73 Å². The van der Waals surface area contributed by atoms with Crippen molar-refractivity contribution in [3.05, 3.63) is 0 Å². The van der Waals surface area contributed by atoms with E-state index in [4.69, 9.17) is 5.73 Å². The zero-order valence-corrected chi connectivity index (χ0v) is 12.0. The fraction of sp³-hybridized carbons (Fsp3) is 0.929. The summed E-state index contributed by atoms with van der Waals surface area (Å²) in [6.07, 6.45) is 1.60. The molecule has 0 radical (unpaired) electrons. The van der Waals surface area contributed by atoms with E-state index in [1.807, 2.05) is 4.90 Å². The van der Waals surface area contributed by atoms with Gasteiger partial charge >= 0.3 is 0 Å². The van der Waals surface area contributed by atoms with Crippen LogP contribution in [0.15, 0.2) is 0 Å². The molecule has 0 aliphatic carbocycles. The molecule has 0 aromatic heterocycles. The third-order valence-electron chi connectivity index (χ3n) is 4.28. The summed E-state index contributed by atoms with van der Waals surface area (Å²) in [7, 11) is 0. The standard InChI is InChI=1S/C14H28N2O/c1-10-9-16(7-6-12(10)15)13(17)8-11(2)14(3,4)5/h10-12H,6-9,15H2,1-5H3. The Morgan fingerprint density at radius 2 is 2.06 bits per heavy atom. The molecule has 3 atom stereocenters. The molecule has 1 saturated heterocycles. The molecule has 3 unspecified atom stereocenters. The van der Waals surface area contributed by atoms with E-state index >= 15 is 0 Å². The number of amides is 1. The minimum Gasteiger partial charge on any atom is -0.342 e. The van der Waals surface area contributed by atoms with E-state index in [1.165, 1.54) is 0 Å². The van der Waals surface area contributed by atoms with Gasteiger partial charge < -0.3 is 10.6 Å². The fourth-order valence-electron chi connectivity index (χ4n) is 2.09. The van der Waals surface area contributed by atoms with Crippen molar-refractivity contribution in [3.8, 4) is 0 Å². The van der Waals surface area contributed by atoms with Crippen LogP contribution in [-0.4, -0.2) is 29.9 Å². The Morgan fingerprint density at radius 1 is 1.47 bits per heavy atom. The molecule has 100 valence electrons. The molecule has 2 N–H and O–H groups in total. The molecular formula is C14H28N2O. The molecule has 1 amide bonds. The van der Waals surface area contributed by atoms with Crippen LogP contribution in [0.3, 0.4) is 0 Å². The van der Waals surface area contributed by atoms with Gasteiger partial charge in [-0.1, -0.05) is 34.6 Å². The van der Waals surface area contributed by atoms with E-state index in [2.05, 4.69) is 34.6 Å². The predicted molar refractivity (Wildman–Crippen MR) is 71.6 cm³/mol. The number of hydrogen-bond acceptors (Lipinski definition) is 2. The molecular weight excluding hydrogens is 212 g/mol. The predicted octanol–water partition coefficient (Wildman–Crippen LogP) is 2.25. The van der Waals surface area contributed by atoms with E-state index in [0.717, 1.165) is 19.5 Å². The number of nitrogens with zero attached hydrogens (tertiary/aromatic N) is 1. The number of piperidine rings is 1. The molecule has 3 heteroatoms. The van der Waals surface area contributed by atoms with Crippen LogP contribution in [0.5, 0.6) is 0 Å². The normalized spacial score (nSPS) is 28.0. The largest absolute Gasteiger partial charge is 0.342 e. The molecule has 3 nitrogen and oxygen atoms in total. The van der Waals surface area contributed by atoms with E-state index in [-0.39, 0.29) is 11.5 Å². The zero-order chi connectivity index (χ0) is 13.2. The summed E-state index contributed by atoms with van der Waals surface area (Å²) in [5.74, 6) is 1.14. The molecule has 0 aromatic rings. The Morgan fingerprint density at radius 3 is 2.53 bits per heavy atom. The van der Waals surface area contributed by atoms with Crippen LogP contribution >= 0.6 is 0 Å². The number of likely N-dealkylation sites (tertiary alicyclic amines) is 1. The molecule has 17 heavy (non-hydrogen) atoms. The summed E-state index contributed by atoms with van der Waals surface area (Å²) in [6.45, 7) is 12.5. The first kappa shape index (κ1) is 14.5. The Kier molecular flexibility index (Phi) is 4.59. The highest BCUT2D eigenvalue weighted by molar-refractivity contribution is 5.76. The first-order valence-corrected chi connectivity index (χ1v) is 6.75. The number of hydrogen-bond donors (Lipinski definition) is 1. The molecule has 1 aliphatic heterocycles. The van der Waals surface area contributed by atoms with Crippen LogP contribution in [0.4, 0.5) is 0 Å². The second-order valence-corrected chi connectivity index (χ2v) is 6.74. The van der Waals surface area contributed by atoms with Gasteiger partial charge in [-0.2, -0.15) is 0 Å². The number of rotatable bonds is 2. The Bertz CT molecular complexity index is 270. The maximum Gasteiger partial charge on any atom is 0.222 e. The molecule has 0 spiro atoms. The summed E-state index contributed by atoms with van der Waals surface area (Å²) in [6, 6.07) is 0.263. The summed E-state index contributed by atoms with van der Waals surface area (Å²) in [5.41, 5.74) is 6.18. The molecule has 1 aliphatic rings. The first-order valence-electron chi connectivity index (χ1n) is 6.75. The van der Waals surface area contributed by atoms with Crippen LogP contribution in [0.1, 0.15) is 47.5 Å². The van der Waals surface area contributed by atoms with Crippen molar-refractivity contribution in [1.29, 1.82) is 0 Å². The van der Waals surface area contributed by atoms with E-state index in [9.17, 15) is 4.79 Å². The Balaban J connectivity index is 2.49. The van der Waals surface area contributed by atoms with Crippen LogP contribution in [0, 0.1) is 17.3 Å². The summed E-state index contributed by atoms with van der Waals surface area (Å²) in [4.78, 5) is 14.2. The highest BCUT2D eigenvalue weighted by Gasteiger charge is 2.29. The smallest absolute Gasteiger partial charge is 0.222 e. The van der Waals surface area contributed by atoms with Gasteiger partial charge in [0, 0.05) is 25.6 Å². The number of carbonyl (C=O) groups is 1. The topological polar surface area (TPSA) is 46.3 Å². The SMILES string of the molecule is CC1CN(C(=O)CC(C)C(C)(C)C)CCC1N. The minimum atomic E-state index is 0.202. The fourth-order valence-corrected chi connectivity index (χ4v) is 2.09. The van der Waals surface area contributed by atoms with Crippen LogP contribution in [0.25, 0.3) is 0 Å². The van der Waals surface area contributed by atoms with E-state index < -0.39 is 0 Å². The van der Waals surface area contributed by atoms with Gasteiger partial charge in [0.05, 0.1) is 0 Å². The van der Waals surface area contributed by atoms with Gasteiger partial charge in [0.15, 0.2) is 0 Å². The van der Waals surface area contributed by atoms with Gasteiger partial charge in [-0.05, 0) is 23.7 Å². The van der Waals surface area contributed by atoms with Gasteiger partial charge in [0.1, 0.15) is 0 Å². The van der Waals surface area contributed by atoms with Gasteiger partial charge in [-0.3, -0.25) is 4.79 Å². The third-order valence-corrected chi connectivity index (χ3v) is 4.28. The second-order valence-electron chi connectivity index (χ2n) is 6.74. The molecule has 1 rings (SSSR count). The first-order chi connectivity index (χ1) is 7.71. The van der Waals surface area contributed by atoms with Gasteiger partial charge in [-0.25, -0.2) is 0 Å². The maximum absolute atomic E-state index is 12.2. The lowest BCUT2D eigenvalue weighted by molar-refractivity contribution is -0.134. The third kappa shape index (κ3) is 3.98. The van der Waals surface area contributed by atoms with Gasteiger partial charge in [0.25, 0.3) is 0 Å². The van der Waals surface area contributed by atoms with Crippen molar-refractivity contribution in [2.24, 2.45) is 23.0 Å². The summed E-state index contributed by atoms with van der Waals surface area (Å²) >= 11 is 0. The Hall–Kier alpha value is -0.570. The highest BCUT2D eigenvalue weighted by atomic mass is 16.2. The minimum absolute atomic E-state index is 0.202. The van der Waals surface area contributed by atoms with E-state index in [1.54, 1.807) is 0 Å². The second kappa shape index (κ2) is 5.38. The average Bonchev–Trinajstić information content (AvgIpc) is 2.20. The monoisotopic (exact) mass is 240 g/mol. The molecule has 1 heterocycles. The van der Waals surface area contributed by atoms with Crippen LogP contribution in [-0.2, 0) is 4.79 Å². The summed E-state index contributed by atoms with van der Waals surface area (Å²) in [5, 5.41) is 0. The van der Waals surface area contributed by atoms with E-state index in [0.29, 0.717) is 24.2 Å². The van der Waals surface area contributed by atoms with Crippen molar-refractivity contribution < 1.29 is 4.79 Å². The quantitative estimate of drug-likeness (QED) is 0.804. The molecule has 0 aromatic carbocycles. The molecule has 1 fully saturated rings. The lowest BCUT2D eigenvalue weighted by atomic mass is 9.80. The number of nitrogens with two attached hydrogens (primary N) is 1. The lowest BCUT2D eigenvalue weighted by Gasteiger charge is -2.36. The zero-order valence-electron chi connectivity index (χ0n) is 12.0. The summed E-state index contributed by atoms with van der Waals surface area (Å²) < 4.78 is 0. The van der Waals surface area contributed by atoms with Crippen molar-refractivity contribution >= 4 is 5.91 Å². The number of carbonyl (C=O) groups excluding carboxylic acids is 1. The van der Waals surface area contributed by atoms with Gasteiger partial charge in [0.2, 0.25) is 5.91 Å². The van der Waals surface area contributed by atoms with Crippen molar-refractivity contribution in [1.82, 2.24) is 4.90 Å². The molecule has 0 saturated carbocycles. The highest BCUT2D eigenvalue weighted by Crippen LogP contribution is 2.29. The molecule has 0 bridgehead atoms. The lowest BCUT2D eigenvalue weighted by Crippen LogP contribution is -2.48. The van der Waals surface area contributed by atoms with Crippen molar-refractivity contribution in [2.75, 3.05) is 13.1 Å². The maximum atomic E-state index is 12.2. The van der Waals surface area contributed by atoms with Crippen molar-refractivity contribution in [3.63, 3.8) is 0 Å².